The predicted octanol–water partition coefficient (Wildman–Crippen LogP) is 1.79. The summed E-state index contributed by atoms with van der Waals surface area (Å²) in [6.45, 7) is 1.55. The first-order valence-corrected chi connectivity index (χ1v) is 11.4. The molecule has 168 valence electrons. The van der Waals surface area contributed by atoms with Crippen molar-refractivity contribution in [2.45, 2.75) is 48.8 Å². The van der Waals surface area contributed by atoms with Crippen molar-refractivity contribution in [3.05, 3.63) is 23.8 Å². The lowest BCUT2D eigenvalue weighted by molar-refractivity contribution is -0.140. The monoisotopic (exact) mass is 448 g/mol. The number of nitrogens with zero attached hydrogens (tertiary/aromatic N) is 2. The molecule has 1 atom stereocenters. The first-order chi connectivity index (χ1) is 14.0. The Kier molecular flexibility index (Phi) is 6.63. The summed E-state index contributed by atoms with van der Waals surface area (Å²) in [5.74, 6) is 0.00689. The summed E-state index contributed by atoms with van der Waals surface area (Å²) in [5.41, 5.74) is -0.935. The molecule has 0 radical (unpaired) electrons. The molecule has 1 aromatic carbocycles. The molecule has 2 aliphatic rings. The normalized spacial score (nSPS) is 21.1. The quantitative estimate of drug-likeness (QED) is 0.718. The molecule has 1 aromatic rings. The van der Waals surface area contributed by atoms with E-state index in [0.29, 0.717) is 25.9 Å². The Hall–Kier alpha value is -1.85. The molecule has 2 aliphatic heterocycles. The molecule has 1 amide bonds. The molecule has 2 fully saturated rings. The maximum atomic E-state index is 13.5. The number of anilines is 1. The number of nitrogens with one attached hydrogen (secondary N) is 2. The maximum absolute atomic E-state index is 13.5. The highest BCUT2D eigenvalue weighted by molar-refractivity contribution is 7.89. The number of benzene rings is 1. The molecule has 2 N–H and O–H groups in total. The molecular weight excluding hydrogens is 421 g/mol. The minimum atomic E-state index is -4.81. The number of piperidine rings is 1. The fourth-order valence-electron chi connectivity index (χ4n) is 3.87. The largest absolute Gasteiger partial charge is 0.417 e. The van der Waals surface area contributed by atoms with Gasteiger partial charge in [0.15, 0.2) is 0 Å². The molecule has 11 heteroatoms. The van der Waals surface area contributed by atoms with E-state index in [2.05, 4.69) is 10.0 Å². The van der Waals surface area contributed by atoms with Crippen molar-refractivity contribution in [3.63, 3.8) is 0 Å². The second-order valence-corrected chi connectivity index (χ2v) is 9.62. The van der Waals surface area contributed by atoms with Crippen LogP contribution in [0.2, 0.25) is 0 Å². The zero-order chi connectivity index (χ0) is 22.1. The number of rotatable bonds is 5. The Morgan fingerprint density at radius 3 is 2.40 bits per heavy atom. The van der Waals surface area contributed by atoms with E-state index in [1.165, 1.54) is 11.0 Å². The van der Waals surface area contributed by atoms with Crippen LogP contribution in [0.1, 0.15) is 31.2 Å². The van der Waals surface area contributed by atoms with Gasteiger partial charge in [0.25, 0.3) is 0 Å². The minimum Gasteiger partial charge on any atom is -0.378 e. The SMILES string of the molecule is CN(C)c1ccc(S(=O)(=O)NC2CCN(C(=O)[C@@H]3CCCN3)CC2)c(C(F)(F)F)c1. The summed E-state index contributed by atoms with van der Waals surface area (Å²) in [5, 5.41) is 3.14. The fourth-order valence-corrected chi connectivity index (χ4v) is 5.38. The van der Waals surface area contributed by atoms with Crippen LogP contribution in [0.25, 0.3) is 0 Å². The van der Waals surface area contributed by atoms with E-state index >= 15 is 0 Å². The first kappa shape index (κ1) is 22.8. The third-order valence-corrected chi connectivity index (χ3v) is 7.14. The molecule has 0 unspecified atom stereocenters. The van der Waals surface area contributed by atoms with Crippen LogP contribution in [-0.2, 0) is 21.0 Å². The maximum Gasteiger partial charge on any atom is 0.417 e. The highest BCUT2D eigenvalue weighted by Gasteiger charge is 2.39. The molecule has 2 heterocycles. The number of sulfonamides is 1. The van der Waals surface area contributed by atoms with Gasteiger partial charge in [-0.1, -0.05) is 0 Å². The number of likely N-dealkylation sites (tertiary alicyclic amines) is 1. The van der Waals surface area contributed by atoms with Crippen LogP contribution in [0.15, 0.2) is 23.1 Å². The van der Waals surface area contributed by atoms with Crippen molar-refractivity contribution in [1.82, 2.24) is 14.9 Å². The minimum absolute atomic E-state index is 0.00689. The van der Waals surface area contributed by atoms with Gasteiger partial charge in [0.1, 0.15) is 0 Å². The third-order valence-electron chi connectivity index (χ3n) is 5.56. The van der Waals surface area contributed by atoms with Crippen molar-refractivity contribution >= 4 is 21.6 Å². The van der Waals surface area contributed by atoms with Crippen LogP contribution in [0.3, 0.4) is 0 Å². The van der Waals surface area contributed by atoms with Gasteiger partial charge in [0.05, 0.1) is 16.5 Å². The van der Waals surface area contributed by atoms with E-state index in [4.69, 9.17) is 0 Å². The summed E-state index contributed by atoms with van der Waals surface area (Å²) in [4.78, 5) is 14.8. The van der Waals surface area contributed by atoms with E-state index in [0.717, 1.165) is 31.5 Å². The number of carbonyl (C=O) groups is 1. The average Bonchev–Trinajstić information content (AvgIpc) is 3.21. The van der Waals surface area contributed by atoms with Gasteiger partial charge in [-0.2, -0.15) is 13.2 Å². The van der Waals surface area contributed by atoms with Crippen LogP contribution in [0.4, 0.5) is 18.9 Å². The number of halogens is 3. The number of hydrogen-bond acceptors (Lipinski definition) is 5. The summed E-state index contributed by atoms with van der Waals surface area (Å²) >= 11 is 0. The Morgan fingerprint density at radius 2 is 1.87 bits per heavy atom. The van der Waals surface area contributed by atoms with Gasteiger partial charge in [-0.05, 0) is 50.4 Å². The topological polar surface area (TPSA) is 81.8 Å². The van der Waals surface area contributed by atoms with E-state index in [1.807, 2.05) is 0 Å². The predicted molar refractivity (Wildman–Crippen MR) is 107 cm³/mol. The summed E-state index contributed by atoms with van der Waals surface area (Å²) in [6, 6.07) is 2.46. The van der Waals surface area contributed by atoms with Crippen LogP contribution in [-0.4, -0.2) is 65.0 Å². The third kappa shape index (κ3) is 5.06. The highest BCUT2D eigenvalue weighted by Crippen LogP contribution is 2.36. The molecule has 0 bridgehead atoms. The highest BCUT2D eigenvalue weighted by atomic mass is 32.2. The van der Waals surface area contributed by atoms with Crippen molar-refractivity contribution in [1.29, 1.82) is 0 Å². The molecule has 0 spiro atoms. The zero-order valence-electron chi connectivity index (χ0n) is 17.0. The second kappa shape index (κ2) is 8.72. The Bertz CT molecular complexity index is 876. The van der Waals surface area contributed by atoms with Crippen LogP contribution >= 0.6 is 0 Å². The standard InChI is InChI=1S/C19H27F3N4O3S/c1-25(2)14-5-6-17(15(12-14)19(20,21)22)30(28,29)24-13-7-10-26(11-8-13)18(27)16-4-3-9-23-16/h5-6,12-13,16,23-24H,3-4,7-11H2,1-2H3/t16-/m0/s1. The number of alkyl halides is 3. The molecular formula is C19H27F3N4O3S. The van der Waals surface area contributed by atoms with E-state index in [-0.39, 0.29) is 17.6 Å². The van der Waals surface area contributed by atoms with Crippen LogP contribution < -0.4 is 14.9 Å². The molecule has 2 saturated heterocycles. The molecule has 3 rings (SSSR count). The van der Waals surface area contributed by atoms with E-state index < -0.39 is 32.7 Å². The van der Waals surface area contributed by atoms with E-state index in [9.17, 15) is 26.4 Å². The van der Waals surface area contributed by atoms with Gasteiger partial charge in [-0.3, -0.25) is 4.79 Å². The van der Waals surface area contributed by atoms with Gasteiger partial charge in [-0.15, -0.1) is 0 Å². The van der Waals surface area contributed by atoms with Crippen molar-refractivity contribution < 1.29 is 26.4 Å². The van der Waals surface area contributed by atoms with Gasteiger partial charge >= 0.3 is 6.18 Å². The summed E-state index contributed by atoms with van der Waals surface area (Å²) < 4.78 is 68.5. The van der Waals surface area contributed by atoms with Gasteiger partial charge < -0.3 is 15.1 Å². The fraction of sp³-hybridized carbons (Fsp3) is 0.632. The summed E-state index contributed by atoms with van der Waals surface area (Å²) in [7, 11) is -1.21. The second-order valence-electron chi connectivity index (χ2n) is 7.94. The Morgan fingerprint density at radius 1 is 1.20 bits per heavy atom. The lowest BCUT2D eigenvalue weighted by atomic mass is 10.0. The molecule has 30 heavy (non-hydrogen) atoms. The van der Waals surface area contributed by atoms with Crippen LogP contribution in [0.5, 0.6) is 0 Å². The lowest BCUT2D eigenvalue weighted by Crippen LogP contribution is -2.50. The molecule has 0 aromatic heterocycles. The molecule has 0 saturated carbocycles. The summed E-state index contributed by atoms with van der Waals surface area (Å²) in [6.07, 6.45) is -2.36. The van der Waals surface area contributed by atoms with Gasteiger partial charge in [0, 0.05) is 38.9 Å². The molecule has 7 nitrogen and oxygen atoms in total. The van der Waals surface area contributed by atoms with E-state index in [1.54, 1.807) is 19.0 Å². The molecule has 0 aliphatic carbocycles. The number of amides is 1. The lowest BCUT2D eigenvalue weighted by Gasteiger charge is -2.34. The van der Waals surface area contributed by atoms with Gasteiger partial charge in [0.2, 0.25) is 15.9 Å². The Labute approximate surface area is 174 Å². The van der Waals surface area contributed by atoms with Crippen molar-refractivity contribution in [2.75, 3.05) is 38.6 Å². The average molecular weight is 449 g/mol. The van der Waals surface area contributed by atoms with Gasteiger partial charge in [-0.25, -0.2) is 13.1 Å². The van der Waals surface area contributed by atoms with Crippen molar-refractivity contribution in [3.8, 4) is 0 Å². The zero-order valence-corrected chi connectivity index (χ0v) is 17.8. The van der Waals surface area contributed by atoms with Crippen molar-refractivity contribution in [2.24, 2.45) is 0 Å². The first-order valence-electron chi connectivity index (χ1n) is 9.92. The smallest absolute Gasteiger partial charge is 0.378 e. The Balaban J connectivity index is 1.71. The number of hydrogen-bond donors (Lipinski definition) is 2. The number of carbonyl (C=O) groups excluding carboxylic acids is 1. The van der Waals surface area contributed by atoms with Crippen LogP contribution in [0, 0.1) is 0 Å².